The number of anilines is 1. The fourth-order valence-corrected chi connectivity index (χ4v) is 3.36. The molecular weight excluding hydrogens is 400 g/mol. The summed E-state index contributed by atoms with van der Waals surface area (Å²) in [6.07, 6.45) is 1.22. The molecule has 0 bridgehead atoms. The van der Waals surface area contributed by atoms with E-state index >= 15 is 0 Å². The van der Waals surface area contributed by atoms with Crippen molar-refractivity contribution in [3.63, 3.8) is 0 Å². The van der Waals surface area contributed by atoms with Crippen molar-refractivity contribution in [3.8, 4) is 0 Å². The van der Waals surface area contributed by atoms with Crippen LogP contribution in [-0.2, 0) is 15.3 Å². The van der Waals surface area contributed by atoms with Crippen LogP contribution in [0.3, 0.4) is 0 Å². The van der Waals surface area contributed by atoms with Crippen LogP contribution in [-0.4, -0.2) is 13.6 Å². The first-order valence-corrected chi connectivity index (χ1v) is 7.79. The number of likely N-dealkylation sites (N-methyl/N-ethyl adjacent to an activating group) is 1. The molecule has 1 aromatic carbocycles. The van der Waals surface area contributed by atoms with Crippen LogP contribution in [0.2, 0.25) is 0 Å². The molecule has 2 rings (SSSR count). The van der Waals surface area contributed by atoms with E-state index in [4.69, 9.17) is 0 Å². The Morgan fingerprint density at radius 1 is 1.21 bits per heavy atom. The monoisotopic (exact) mass is 413 g/mol. The third-order valence-corrected chi connectivity index (χ3v) is 4.46. The third kappa shape index (κ3) is 1.89. The molecule has 0 N–H and O–H groups in total. The maximum Gasteiger partial charge on any atom is 0.0400 e. The number of alkyl halides is 2. The smallest absolute Gasteiger partial charge is 0.0400 e. The highest BCUT2D eigenvalue weighted by Gasteiger charge is 2.17. The fraction of sp³-hybridized carbons (Fsp3) is 0.455. The molecule has 1 heterocycles. The minimum absolute atomic E-state index is 1.12. The van der Waals surface area contributed by atoms with Crippen LogP contribution >= 0.6 is 45.2 Å². The van der Waals surface area contributed by atoms with Gasteiger partial charge in [-0.3, -0.25) is 0 Å². The zero-order chi connectivity index (χ0) is 10.1. The Morgan fingerprint density at radius 3 is 2.50 bits per heavy atom. The SMILES string of the molecule is CN1CCc2cc(CI)c(CI)cc21. The quantitative estimate of drug-likeness (QED) is 0.530. The van der Waals surface area contributed by atoms with E-state index in [2.05, 4.69) is 69.3 Å². The van der Waals surface area contributed by atoms with Crippen LogP contribution in [0.4, 0.5) is 5.69 Å². The van der Waals surface area contributed by atoms with Gasteiger partial charge in [0.2, 0.25) is 0 Å². The van der Waals surface area contributed by atoms with Crippen LogP contribution in [0.25, 0.3) is 0 Å². The second-order valence-electron chi connectivity index (χ2n) is 3.69. The summed E-state index contributed by atoms with van der Waals surface area (Å²) in [6, 6.07) is 4.78. The molecule has 0 aromatic heterocycles. The molecule has 76 valence electrons. The second-order valence-corrected chi connectivity index (χ2v) is 5.21. The molecule has 1 aliphatic heterocycles. The molecule has 1 aliphatic rings. The van der Waals surface area contributed by atoms with Crippen molar-refractivity contribution >= 4 is 50.9 Å². The predicted octanol–water partition coefficient (Wildman–Crippen LogP) is 3.55. The first-order valence-electron chi connectivity index (χ1n) is 4.74. The number of rotatable bonds is 2. The first-order chi connectivity index (χ1) is 6.76. The molecule has 0 unspecified atom stereocenters. The number of fused-ring (bicyclic) bond motifs is 1. The van der Waals surface area contributed by atoms with E-state index < -0.39 is 0 Å². The second kappa shape index (κ2) is 4.55. The molecule has 14 heavy (non-hydrogen) atoms. The van der Waals surface area contributed by atoms with Crippen LogP contribution in [0.1, 0.15) is 16.7 Å². The van der Waals surface area contributed by atoms with E-state index in [1.807, 2.05) is 0 Å². The van der Waals surface area contributed by atoms with E-state index in [0.717, 1.165) is 8.86 Å². The lowest BCUT2D eigenvalue weighted by atomic mass is 10.0. The number of benzene rings is 1. The zero-order valence-corrected chi connectivity index (χ0v) is 12.5. The average Bonchev–Trinajstić information content (AvgIpc) is 2.58. The predicted molar refractivity (Wildman–Crippen MR) is 78.9 cm³/mol. The van der Waals surface area contributed by atoms with E-state index in [0.29, 0.717) is 0 Å². The number of halogens is 2. The van der Waals surface area contributed by atoms with Crippen LogP contribution in [0, 0.1) is 0 Å². The Hall–Kier alpha value is 0.480. The molecule has 0 amide bonds. The highest BCUT2D eigenvalue weighted by atomic mass is 127. The lowest BCUT2D eigenvalue weighted by Gasteiger charge is -2.14. The molecule has 0 fully saturated rings. The van der Waals surface area contributed by atoms with Crippen molar-refractivity contribution in [3.05, 3.63) is 28.8 Å². The standard InChI is InChI=1S/C11H13I2N/c1-14-3-2-8-4-9(6-12)10(7-13)5-11(8)14/h4-5H,2-3,6-7H2,1H3. The van der Waals surface area contributed by atoms with Gasteiger partial charge >= 0.3 is 0 Å². The highest BCUT2D eigenvalue weighted by Crippen LogP contribution is 2.31. The Kier molecular flexibility index (Phi) is 3.57. The maximum atomic E-state index is 2.46. The molecule has 1 nitrogen and oxygen atoms in total. The Morgan fingerprint density at radius 2 is 1.86 bits per heavy atom. The van der Waals surface area contributed by atoms with Gasteiger partial charge in [0.15, 0.2) is 0 Å². The van der Waals surface area contributed by atoms with Crippen molar-refractivity contribution in [1.82, 2.24) is 0 Å². The molecule has 1 aromatic rings. The molecular formula is C11H13I2N. The minimum atomic E-state index is 1.12. The van der Waals surface area contributed by atoms with Gasteiger partial charge in [-0.1, -0.05) is 51.2 Å². The summed E-state index contributed by atoms with van der Waals surface area (Å²) < 4.78 is 2.25. The van der Waals surface area contributed by atoms with Gasteiger partial charge < -0.3 is 4.90 Å². The molecule has 0 aliphatic carbocycles. The van der Waals surface area contributed by atoms with Gasteiger partial charge in [-0.15, -0.1) is 0 Å². The van der Waals surface area contributed by atoms with E-state index in [1.54, 1.807) is 0 Å². The minimum Gasteiger partial charge on any atom is -0.374 e. The lowest BCUT2D eigenvalue weighted by Crippen LogP contribution is -2.12. The van der Waals surface area contributed by atoms with Gasteiger partial charge in [0.05, 0.1) is 0 Å². The zero-order valence-electron chi connectivity index (χ0n) is 8.19. The summed E-state index contributed by atoms with van der Waals surface area (Å²) in [4.78, 5) is 2.36. The van der Waals surface area contributed by atoms with Crippen LogP contribution in [0.15, 0.2) is 12.1 Å². The average molecular weight is 413 g/mol. The highest BCUT2D eigenvalue weighted by molar-refractivity contribution is 14.1. The van der Waals surface area contributed by atoms with Gasteiger partial charge in [0.1, 0.15) is 0 Å². The number of nitrogens with zero attached hydrogens (tertiary/aromatic N) is 1. The Bertz CT molecular complexity index is 349. The third-order valence-electron chi connectivity index (χ3n) is 2.82. The normalized spacial score (nSPS) is 14.6. The summed E-state index contributed by atoms with van der Waals surface area (Å²) >= 11 is 4.91. The number of hydrogen-bond donors (Lipinski definition) is 0. The van der Waals surface area contributed by atoms with Gasteiger partial charge in [-0.05, 0) is 29.2 Å². The number of hydrogen-bond acceptors (Lipinski definition) is 1. The van der Waals surface area contributed by atoms with Crippen LogP contribution < -0.4 is 4.90 Å². The van der Waals surface area contributed by atoms with Crippen molar-refractivity contribution in [1.29, 1.82) is 0 Å². The molecule has 0 saturated heterocycles. The molecule has 3 heteroatoms. The summed E-state index contributed by atoms with van der Waals surface area (Å²) in [7, 11) is 2.19. The summed E-state index contributed by atoms with van der Waals surface area (Å²) in [5.74, 6) is 0. The molecule has 0 spiro atoms. The lowest BCUT2D eigenvalue weighted by molar-refractivity contribution is 0.956. The maximum absolute atomic E-state index is 2.46. The summed E-state index contributed by atoms with van der Waals surface area (Å²) in [5.41, 5.74) is 6.01. The topological polar surface area (TPSA) is 3.24 Å². The van der Waals surface area contributed by atoms with E-state index in [-0.39, 0.29) is 0 Å². The van der Waals surface area contributed by atoms with Crippen molar-refractivity contribution in [2.75, 3.05) is 18.5 Å². The largest absolute Gasteiger partial charge is 0.374 e. The van der Waals surface area contributed by atoms with E-state index in [1.165, 1.54) is 35.3 Å². The fourth-order valence-electron chi connectivity index (χ4n) is 1.94. The molecule has 0 atom stereocenters. The van der Waals surface area contributed by atoms with E-state index in [9.17, 15) is 0 Å². The van der Waals surface area contributed by atoms with Crippen LogP contribution in [0.5, 0.6) is 0 Å². The van der Waals surface area contributed by atoms with Gasteiger partial charge in [0.25, 0.3) is 0 Å². The van der Waals surface area contributed by atoms with Crippen molar-refractivity contribution in [2.45, 2.75) is 15.3 Å². The Balaban J connectivity index is 2.49. The molecule has 0 radical (unpaired) electrons. The Labute approximate surface area is 113 Å². The van der Waals surface area contributed by atoms with Gasteiger partial charge in [-0.2, -0.15) is 0 Å². The first kappa shape index (κ1) is 11.0. The summed E-state index contributed by atoms with van der Waals surface area (Å²) in [5, 5.41) is 0. The summed E-state index contributed by atoms with van der Waals surface area (Å²) in [6.45, 7) is 1.18. The van der Waals surface area contributed by atoms with Gasteiger partial charge in [-0.25, -0.2) is 0 Å². The van der Waals surface area contributed by atoms with Gasteiger partial charge in [0, 0.05) is 28.1 Å². The van der Waals surface area contributed by atoms with Crippen molar-refractivity contribution in [2.24, 2.45) is 0 Å². The molecule has 0 saturated carbocycles. The van der Waals surface area contributed by atoms with Crippen molar-refractivity contribution < 1.29 is 0 Å².